The summed E-state index contributed by atoms with van der Waals surface area (Å²) in [5.41, 5.74) is 3.79. The van der Waals surface area contributed by atoms with E-state index in [0.29, 0.717) is 26.2 Å². The van der Waals surface area contributed by atoms with E-state index in [9.17, 15) is 9.59 Å². The van der Waals surface area contributed by atoms with Gasteiger partial charge >= 0.3 is 0 Å². The fourth-order valence-electron chi connectivity index (χ4n) is 3.22. The second kappa shape index (κ2) is 7.67. The minimum atomic E-state index is -0.447. The fraction of sp³-hybridized carbons (Fsp3) is 0.0909. The predicted octanol–water partition coefficient (Wildman–Crippen LogP) is 6.07. The number of nitrogens with one attached hydrogen (secondary N) is 1. The third kappa shape index (κ3) is 3.57. The second-order valence-corrected chi connectivity index (χ2v) is 8.49. The molecule has 0 saturated heterocycles. The highest BCUT2D eigenvalue weighted by Crippen LogP contribution is 2.37. The van der Waals surface area contributed by atoms with Crippen LogP contribution in [0.25, 0.3) is 5.57 Å². The Morgan fingerprint density at radius 1 is 0.931 bits per heavy atom. The maximum atomic E-state index is 13.3. The molecule has 0 aliphatic carbocycles. The quantitative estimate of drug-likeness (QED) is 0.498. The molecule has 0 saturated carbocycles. The van der Waals surface area contributed by atoms with E-state index in [1.165, 1.54) is 11.3 Å². The second-order valence-electron chi connectivity index (χ2n) is 6.67. The molecule has 0 unspecified atom stereocenters. The van der Waals surface area contributed by atoms with Gasteiger partial charge < -0.3 is 5.32 Å². The maximum Gasteiger partial charge on any atom is 0.282 e. The molecule has 1 aliphatic heterocycles. The van der Waals surface area contributed by atoms with Gasteiger partial charge in [0, 0.05) is 20.6 Å². The van der Waals surface area contributed by atoms with Gasteiger partial charge in [-0.1, -0.05) is 41.4 Å². The minimum Gasteiger partial charge on any atom is -0.350 e. The molecule has 1 aliphatic rings. The Kier molecular flexibility index (Phi) is 5.21. The van der Waals surface area contributed by atoms with Crippen LogP contribution in [0, 0.1) is 13.8 Å². The number of amides is 2. The number of anilines is 2. The van der Waals surface area contributed by atoms with E-state index < -0.39 is 11.8 Å². The molecule has 0 fully saturated rings. The number of rotatable bonds is 4. The number of imide groups is 1. The highest BCUT2D eigenvalue weighted by atomic mass is 35.5. The number of carbonyl (C=O) groups is 2. The molecule has 4 rings (SSSR count). The van der Waals surface area contributed by atoms with Gasteiger partial charge in [-0.15, -0.1) is 11.3 Å². The Hall–Kier alpha value is -2.60. The Morgan fingerprint density at radius 3 is 2.31 bits per heavy atom. The van der Waals surface area contributed by atoms with E-state index in [1.54, 1.807) is 18.2 Å². The van der Waals surface area contributed by atoms with Crippen LogP contribution in [0.2, 0.25) is 10.0 Å². The molecule has 146 valence electrons. The third-order valence-electron chi connectivity index (χ3n) is 4.82. The molecule has 4 nitrogen and oxygen atoms in total. The summed E-state index contributed by atoms with van der Waals surface area (Å²) in [4.78, 5) is 28.5. The first-order valence-corrected chi connectivity index (χ1v) is 10.5. The van der Waals surface area contributed by atoms with E-state index in [2.05, 4.69) is 5.32 Å². The van der Waals surface area contributed by atoms with Crippen molar-refractivity contribution < 1.29 is 9.59 Å². The molecule has 2 heterocycles. The van der Waals surface area contributed by atoms with Crippen LogP contribution in [-0.2, 0) is 9.59 Å². The van der Waals surface area contributed by atoms with Crippen molar-refractivity contribution in [1.82, 2.24) is 0 Å². The van der Waals surface area contributed by atoms with Gasteiger partial charge in [-0.05, 0) is 60.7 Å². The lowest BCUT2D eigenvalue weighted by Gasteiger charge is -2.16. The molecule has 3 aromatic rings. The molecule has 29 heavy (non-hydrogen) atoms. The Bertz CT molecular complexity index is 1150. The van der Waals surface area contributed by atoms with Crippen molar-refractivity contribution in [3.05, 3.63) is 85.7 Å². The maximum absolute atomic E-state index is 13.3. The van der Waals surface area contributed by atoms with E-state index in [-0.39, 0.29) is 5.70 Å². The van der Waals surface area contributed by atoms with Crippen LogP contribution in [-0.4, -0.2) is 11.8 Å². The molecule has 1 N–H and O–H groups in total. The van der Waals surface area contributed by atoms with Crippen LogP contribution < -0.4 is 10.2 Å². The predicted molar refractivity (Wildman–Crippen MR) is 120 cm³/mol. The monoisotopic (exact) mass is 442 g/mol. The van der Waals surface area contributed by atoms with Gasteiger partial charge in [0.2, 0.25) is 0 Å². The number of hydrogen-bond donors (Lipinski definition) is 1. The van der Waals surface area contributed by atoms with Crippen molar-refractivity contribution in [2.45, 2.75) is 13.8 Å². The van der Waals surface area contributed by atoms with E-state index in [1.807, 2.05) is 49.6 Å². The molecule has 0 radical (unpaired) electrons. The summed E-state index contributed by atoms with van der Waals surface area (Å²) < 4.78 is 0. The minimum absolute atomic E-state index is 0.238. The van der Waals surface area contributed by atoms with E-state index >= 15 is 0 Å². The van der Waals surface area contributed by atoms with Gasteiger partial charge in [0.1, 0.15) is 5.70 Å². The molecule has 1 aromatic heterocycles. The van der Waals surface area contributed by atoms with Crippen molar-refractivity contribution in [2.75, 3.05) is 10.2 Å². The summed E-state index contributed by atoms with van der Waals surface area (Å²) >= 11 is 13.6. The first kappa shape index (κ1) is 19.7. The summed E-state index contributed by atoms with van der Waals surface area (Å²) in [5, 5.41) is 5.77. The fourth-order valence-corrected chi connectivity index (χ4v) is 4.50. The van der Waals surface area contributed by atoms with Crippen LogP contribution in [0.15, 0.2) is 59.6 Å². The summed E-state index contributed by atoms with van der Waals surface area (Å²) in [6, 6.07) is 14.1. The average molecular weight is 443 g/mol. The molecule has 2 aromatic carbocycles. The number of hydrogen-bond acceptors (Lipinski definition) is 4. The average Bonchev–Trinajstić information content (AvgIpc) is 3.25. The van der Waals surface area contributed by atoms with Crippen molar-refractivity contribution in [1.29, 1.82) is 0 Å². The molecule has 0 spiro atoms. The number of thiophene rings is 1. The number of carbonyl (C=O) groups excluding carboxylic acids is 2. The summed E-state index contributed by atoms with van der Waals surface area (Å²) in [5.74, 6) is -0.860. The normalized spacial score (nSPS) is 14.1. The smallest absolute Gasteiger partial charge is 0.282 e. The van der Waals surface area contributed by atoms with Gasteiger partial charge in [0.15, 0.2) is 0 Å². The van der Waals surface area contributed by atoms with Crippen LogP contribution in [0.1, 0.15) is 16.0 Å². The van der Waals surface area contributed by atoms with E-state index in [4.69, 9.17) is 23.2 Å². The lowest BCUT2D eigenvalue weighted by molar-refractivity contribution is -0.120. The number of aryl methyl sites for hydroxylation is 1. The van der Waals surface area contributed by atoms with Crippen LogP contribution in [0.5, 0.6) is 0 Å². The zero-order valence-corrected chi connectivity index (χ0v) is 18.0. The molecule has 0 bridgehead atoms. The van der Waals surface area contributed by atoms with E-state index in [0.717, 1.165) is 21.7 Å². The molecular formula is C22H16Cl2N2O2S. The number of nitrogens with zero attached hydrogens (tertiary/aromatic N) is 1. The van der Waals surface area contributed by atoms with Crippen molar-refractivity contribution in [2.24, 2.45) is 0 Å². The summed E-state index contributed by atoms with van der Waals surface area (Å²) in [6.07, 6.45) is 0. The Labute approximate surface area is 182 Å². The molecule has 0 atom stereocenters. The van der Waals surface area contributed by atoms with Crippen LogP contribution >= 0.6 is 34.5 Å². The van der Waals surface area contributed by atoms with Crippen LogP contribution in [0.3, 0.4) is 0 Å². The summed E-state index contributed by atoms with van der Waals surface area (Å²) in [6.45, 7) is 3.97. The van der Waals surface area contributed by atoms with Crippen LogP contribution in [0.4, 0.5) is 11.4 Å². The van der Waals surface area contributed by atoms with Gasteiger partial charge in [-0.25, -0.2) is 4.90 Å². The summed E-state index contributed by atoms with van der Waals surface area (Å²) in [7, 11) is 0. The topological polar surface area (TPSA) is 49.4 Å². The highest BCUT2D eigenvalue weighted by Gasteiger charge is 2.41. The number of benzene rings is 2. The third-order valence-corrected chi connectivity index (χ3v) is 6.15. The zero-order valence-electron chi connectivity index (χ0n) is 15.6. The largest absolute Gasteiger partial charge is 0.350 e. The van der Waals surface area contributed by atoms with Gasteiger partial charge in [-0.3, -0.25) is 9.59 Å². The first-order valence-electron chi connectivity index (χ1n) is 8.83. The standard InChI is InChI=1S/C22H16Cl2N2O2S/c1-12-5-3-6-17(13(12)2)25-20-19(18-7-4-8-29-18)21(27)26(22(20)28)16-10-14(23)9-15(24)11-16/h3-11,25H,1-2H3. The SMILES string of the molecule is Cc1cccc(NC2=C(c3cccs3)C(=O)N(c3cc(Cl)cc(Cl)c3)C2=O)c1C. The highest BCUT2D eigenvalue weighted by molar-refractivity contribution is 7.11. The molecular weight excluding hydrogens is 427 g/mol. The number of halogens is 2. The Balaban J connectivity index is 1.84. The lowest BCUT2D eigenvalue weighted by Crippen LogP contribution is -2.32. The van der Waals surface area contributed by atoms with Gasteiger partial charge in [0.25, 0.3) is 11.8 Å². The van der Waals surface area contributed by atoms with Crippen molar-refractivity contribution >= 4 is 63.3 Å². The van der Waals surface area contributed by atoms with Crippen molar-refractivity contribution in [3.8, 4) is 0 Å². The first-order chi connectivity index (χ1) is 13.9. The van der Waals surface area contributed by atoms with Crippen molar-refractivity contribution in [3.63, 3.8) is 0 Å². The zero-order chi connectivity index (χ0) is 20.7. The Morgan fingerprint density at radius 2 is 1.66 bits per heavy atom. The molecule has 2 amide bonds. The van der Waals surface area contributed by atoms with Gasteiger partial charge in [-0.2, -0.15) is 0 Å². The molecule has 7 heteroatoms. The lowest BCUT2D eigenvalue weighted by atomic mass is 10.1. The van der Waals surface area contributed by atoms with Gasteiger partial charge in [0.05, 0.1) is 11.3 Å².